The second kappa shape index (κ2) is 11.2. The molecule has 10 heavy (non-hydrogen) atoms. The summed E-state index contributed by atoms with van der Waals surface area (Å²) in [5.74, 6) is -0.745. The van der Waals surface area contributed by atoms with Crippen LogP contribution in [-0.2, 0) is 4.79 Å². The molecule has 0 aromatic rings. The average molecular weight is 149 g/mol. The smallest absolute Gasteiger partial charge is 0.303 e. The lowest BCUT2D eigenvalue weighted by atomic mass is 10.5. The van der Waals surface area contributed by atoms with Gasteiger partial charge in [-0.05, 0) is 13.0 Å². The second-order valence-corrected chi connectivity index (χ2v) is 1.61. The molecule has 62 valence electrons. The van der Waals surface area contributed by atoms with Gasteiger partial charge in [0.15, 0.2) is 0 Å². The van der Waals surface area contributed by atoms with Crippen LogP contribution in [0.1, 0.15) is 19.8 Å². The van der Waals surface area contributed by atoms with Gasteiger partial charge in [-0.15, -0.1) is 0 Å². The molecule has 0 heterocycles. The zero-order chi connectivity index (χ0) is 8.41. The fourth-order valence-corrected chi connectivity index (χ4v) is 0.0913. The molecule has 0 radical (unpaired) electrons. The van der Waals surface area contributed by atoms with Crippen molar-refractivity contribution >= 4 is 5.97 Å². The van der Waals surface area contributed by atoms with E-state index >= 15 is 0 Å². The third-order valence-electron chi connectivity index (χ3n) is 0.665. The van der Waals surface area contributed by atoms with Gasteiger partial charge in [0, 0.05) is 13.0 Å². The summed E-state index contributed by atoms with van der Waals surface area (Å²) in [6, 6.07) is 0. The van der Waals surface area contributed by atoms with Gasteiger partial charge < -0.3 is 15.9 Å². The molecule has 0 spiro atoms. The first-order valence-corrected chi connectivity index (χ1v) is 3.21. The molecular weight excluding hydrogens is 134 g/mol. The highest BCUT2D eigenvalue weighted by molar-refractivity contribution is 5.66. The summed E-state index contributed by atoms with van der Waals surface area (Å²) < 4.78 is 0. The number of aliphatic hydroxyl groups is 1. The number of carboxylic acid groups (broad SMARTS) is 1. The minimum absolute atomic E-state index is 0.219. The van der Waals surface area contributed by atoms with Crippen LogP contribution in [0.3, 0.4) is 0 Å². The maximum Gasteiger partial charge on any atom is 0.303 e. The predicted octanol–water partition coefficient (Wildman–Crippen LogP) is -0.191. The van der Waals surface area contributed by atoms with Crippen LogP contribution in [-0.4, -0.2) is 29.3 Å². The van der Waals surface area contributed by atoms with Gasteiger partial charge in [-0.3, -0.25) is 4.79 Å². The Morgan fingerprint density at radius 3 is 2.00 bits per heavy atom. The highest BCUT2D eigenvalue weighted by Crippen LogP contribution is 1.67. The Labute approximate surface area is 60.7 Å². The standard InChI is InChI=1S/C3H9NO.C3H6O2/c4-2-1-3-5;1-2-3(4)5/h5H,1-4H2;2H2,1H3,(H,4,5). The SMILES string of the molecule is CCC(=O)O.NCCCO. The molecule has 0 aromatic heterocycles. The number of aliphatic carboxylic acids is 1. The minimum atomic E-state index is -0.745. The first-order chi connectivity index (χ1) is 4.68. The van der Waals surface area contributed by atoms with Crippen LogP contribution in [0, 0.1) is 0 Å². The zero-order valence-electron chi connectivity index (χ0n) is 6.21. The molecule has 4 nitrogen and oxygen atoms in total. The summed E-state index contributed by atoms with van der Waals surface area (Å²) in [6.07, 6.45) is 0.944. The predicted molar refractivity (Wildman–Crippen MR) is 38.7 cm³/mol. The molecule has 0 amide bonds. The van der Waals surface area contributed by atoms with Crippen molar-refractivity contribution in [1.82, 2.24) is 0 Å². The normalized spacial score (nSPS) is 7.90. The van der Waals surface area contributed by atoms with E-state index in [2.05, 4.69) is 0 Å². The first-order valence-electron chi connectivity index (χ1n) is 3.21. The van der Waals surface area contributed by atoms with Gasteiger partial charge in [0.25, 0.3) is 0 Å². The van der Waals surface area contributed by atoms with Crippen LogP contribution in [0.25, 0.3) is 0 Å². The summed E-state index contributed by atoms with van der Waals surface area (Å²) in [5, 5.41) is 15.7. The third-order valence-corrected chi connectivity index (χ3v) is 0.665. The molecule has 0 aliphatic rings. The molecule has 0 saturated heterocycles. The third kappa shape index (κ3) is 26.3. The number of hydrogen-bond donors (Lipinski definition) is 3. The Morgan fingerprint density at radius 2 is 2.00 bits per heavy atom. The molecule has 0 atom stereocenters. The topological polar surface area (TPSA) is 83.5 Å². The molecule has 0 saturated carbocycles. The van der Waals surface area contributed by atoms with E-state index in [0.717, 1.165) is 6.42 Å². The number of rotatable bonds is 3. The Kier molecular flexibility index (Phi) is 13.6. The van der Waals surface area contributed by atoms with Gasteiger partial charge in [0.2, 0.25) is 0 Å². The van der Waals surface area contributed by atoms with E-state index in [1.54, 1.807) is 6.92 Å². The average Bonchev–Trinajstić information content (AvgIpc) is 1.91. The minimum Gasteiger partial charge on any atom is -0.481 e. The molecule has 0 aromatic carbocycles. The summed E-state index contributed by atoms with van der Waals surface area (Å²) in [7, 11) is 0. The molecule has 4 N–H and O–H groups in total. The van der Waals surface area contributed by atoms with E-state index < -0.39 is 5.97 Å². The highest BCUT2D eigenvalue weighted by Gasteiger charge is 1.80. The number of aliphatic hydroxyl groups excluding tert-OH is 1. The van der Waals surface area contributed by atoms with Gasteiger partial charge in [-0.1, -0.05) is 6.92 Å². The monoisotopic (exact) mass is 149 g/mol. The fraction of sp³-hybridized carbons (Fsp3) is 0.833. The Balaban J connectivity index is 0. The van der Waals surface area contributed by atoms with Crippen molar-refractivity contribution < 1.29 is 15.0 Å². The van der Waals surface area contributed by atoms with Crippen molar-refractivity contribution in [3.05, 3.63) is 0 Å². The zero-order valence-corrected chi connectivity index (χ0v) is 6.21. The van der Waals surface area contributed by atoms with Crippen LogP contribution in [0.4, 0.5) is 0 Å². The largest absolute Gasteiger partial charge is 0.481 e. The molecule has 0 rings (SSSR count). The first kappa shape index (κ1) is 12.1. The van der Waals surface area contributed by atoms with Gasteiger partial charge in [0.05, 0.1) is 0 Å². The van der Waals surface area contributed by atoms with Crippen LogP contribution >= 0.6 is 0 Å². The lowest BCUT2D eigenvalue weighted by Crippen LogP contribution is -1.99. The number of carbonyl (C=O) groups is 1. The second-order valence-electron chi connectivity index (χ2n) is 1.61. The summed E-state index contributed by atoms with van der Waals surface area (Å²) in [6.45, 7) is 2.41. The summed E-state index contributed by atoms with van der Waals surface area (Å²) >= 11 is 0. The maximum absolute atomic E-state index is 9.37. The van der Waals surface area contributed by atoms with E-state index in [1.807, 2.05) is 0 Å². The van der Waals surface area contributed by atoms with Gasteiger partial charge in [0.1, 0.15) is 0 Å². The molecule has 0 aliphatic carbocycles. The van der Waals surface area contributed by atoms with Gasteiger partial charge >= 0.3 is 5.97 Å². The molecular formula is C6H15NO3. The summed E-state index contributed by atoms with van der Waals surface area (Å²) in [4.78, 5) is 9.37. The van der Waals surface area contributed by atoms with Crippen molar-refractivity contribution in [2.24, 2.45) is 5.73 Å². The van der Waals surface area contributed by atoms with E-state index in [4.69, 9.17) is 15.9 Å². The number of carboxylic acids is 1. The number of nitrogens with two attached hydrogens (primary N) is 1. The fourth-order valence-electron chi connectivity index (χ4n) is 0.0913. The summed E-state index contributed by atoms with van der Waals surface area (Å²) in [5.41, 5.74) is 4.98. The Hall–Kier alpha value is -0.610. The van der Waals surface area contributed by atoms with Crippen LogP contribution in [0.2, 0.25) is 0 Å². The van der Waals surface area contributed by atoms with Crippen LogP contribution in [0.15, 0.2) is 0 Å². The van der Waals surface area contributed by atoms with Crippen LogP contribution in [0.5, 0.6) is 0 Å². The molecule has 4 heteroatoms. The van der Waals surface area contributed by atoms with Crippen molar-refractivity contribution in [2.75, 3.05) is 13.2 Å². The van der Waals surface area contributed by atoms with Crippen molar-refractivity contribution in [3.63, 3.8) is 0 Å². The van der Waals surface area contributed by atoms with Gasteiger partial charge in [-0.25, -0.2) is 0 Å². The van der Waals surface area contributed by atoms with E-state index in [0.29, 0.717) is 6.54 Å². The van der Waals surface area contributed by atoms with Gasteiger partial charge in [-0.2, -0.15) is 0 Å². The highest BCUT2D eigenvalue weighted by atomic mass is 16.4. The molecule has 0 fully saturated rings. The lowest BCUT2D eigenvalue weighted by Gasteiger charge is -1.80. The van der Waals surface area contributed by atoms with Crippen LogP contribution < -0.4 is 5.73 Å². The molecule has 0 bridgehead atoms. The number of hydrogen-bond acceptors (Lipinski definition) is 3. The van der Waals surface area contributed by atoms with Crippen molar-refractivity contribution in [2.45, 2.75) is 19.8 Å². The lowest BCUT2D eigenvalue weighted by molar-refractivity contribution is -0.136. The Bertz CT molecular complexity index is 73.4. The quantitative estimate of drug-likeness (QED) is 0.519. The van der Waals surface area contributed by atoms with Crippen molar-refractivity contribution in [1.29, 1.82) is 0 Å². The maximum atomic E-state index is 9.37. The van der Waals surface area contributed by atoms with E-state index in [-0.39, 0.29) is 13.0 Å². The van der Waals surface area contributed by atoms with E-state index in [1.165, 1.54) is 0 Å². The van der Waals surface area contributed by atoms with Crippen molar-refractivity contribution in [3.8, 4) is 0 Å². The van der Waals surface area contributed by atoms with E-state index in [9.17, 15) is 4.79 Å². The molecule has 0 unspecified atom stereocenters. The molecule has 0 aliphatic heterocycles. The Morgan fingerprint density at radius 1 is 1.60 bits per heavy atom.